The Balaban J connectivity index is 2.13. The number of hydrogen-bond donors (Lipinski definition) is 1. The van der Waals surface area contributed by atoms with Crippen LogP contribution in [-0.2, 0) is 0 Å². The standard InChI is InChI=1S/C14H23N3/c1-3-12-5-4-8-17(10-12)14-9-13(11(2)15)6-7-16-14/h6-7,9,11-12H,3-5,8,10,15H2,1-2H3. The number of rotatable bonds is 3. The van der Waals surface area contributed by atoms with Crippen LogP contribution in [0.1, 0.15) is 44.7 Å². The Morgan fingerprint density at radius 3 is 3.12 bits per heavy atom. The second kappa shape index (κ2) is 5.50. The number of nitrogens with two attached hydrogens (primary N) is 1. The fraction of sp³-hybridized carbons (Fsp3) is 0.643. The summed E-state index contributed by atoms with van der Waals surface area (Å²) in [5, 5.41) is 0. The predicted molar refractivity (Wildman–Crippen MR) is 72.1 cm³/mol. The van der Waals surface area contributed by atoms with Gasteiger partial charge in [0.25, 0.3) is 0 Å². The van der Waals surface area contributed by atoms with Crippen molar-refractivity contribution >= 4 is 5.82 Å². The van der Waals surface area contributed by atoms with Crippen molar-refractivity contribution in [1.82, 2.24) is 4.98 Å². The molecule has 1 aromatic rings. The van der Waals surface area contributed by atoms with Gasteiger partial charge in [-0.15, -0.1) is 0 Å². The summed E-state index contributed by atoms with van der Waals surface area (Å²) >= 11 is 0. The first kappa shape index (κ1) is 12.4. The van der Waals surface area contributed by atoms with Crippen LogP contribution in [-0.4, -0.2) is 18.1 Å². The minimum absolute atomic E-state index is 0.0866. The molecule has 3 nitrogen and oxygen atoms in total. The Bertz CT molecular complexity index is 362. The quantitative estimate of drug-likeness (QED) is 0.873. The second-order valence-electron chi connectivity index (χ2n) is 5.10. The van der Waals surface area contributed by atoms with E-state index in [0.29, 0.717) is 0 Å². The molecule has 0 radical (unpaired) electrons. The molecule has 1 aliphatic heterocycles. The van der Waals surface area contributed by atoms with Gasteiger partial charge in [-0.3, -0.25) is 0 Å². The van der Waals surface area contributed by atoms with E-state index in [0.717, 1.165) is 24.8 Å². The summed E-state index contributed by atoms with van der Waals surface area (Å²) in [5.74, 6) is 1.92. The molecule has 0 bridgehead atoms. The van der Waals surface area contributed by atoms with Gasteiger partial charge in [0.2, 0.25) is 0 Å². The number of hydrogen-bond acceptors (Lipinski definition) is 3. The lowest BCUT2D eigenvalue weighted by molar-refractivity contribution is 0.403. The van der Waals surface area contributed by atoms with Gasteiger partial charge in [0.05, 0.1) is 0 Å². The van der Waals surface area contributed by atoms with E-state index in [4.69, 9.17) is 5.73 Å². The molecular formula is C14H23N3. The minimum atomic E-state index is 0.0866. The number of pyridine rings is 1. The molecule has 2 heterocycles. The van der Waals surface area contributed by atoms with Crippen LogP contribution in [0.25, 0.3) is 0 Å². The molecule has 2 atom stereocenters. The first-order chi connectivity index (χ1) is 8.20. The van der Waals surface area contributed by atoms with Gasteiger partial charge in [0, 0.05) is 25.3 Å². The molecule has 0 amide bonds. The zero-order valence-corrected chi connectivity index (χ0v) is 10.9. The molecule has 1 fully saturated rings. The van der Waals surface area contributed by atoms with Crippen LogP contribution in [0.5, 0.6) is 0 Å². The third-order valence-electron chi connectivity index (χ3n) is 3.72. The van der Waals surface area contributed by atoms with Crippen molar-refractivity contribution in [3.63, 3.8) is 0 Å². The second-order valence-corrected chi connectivity index (χ2v) is 5.10. The Labute approximate surface area is 104 Å². The molecule has 94 valence electrons. The molecule has 2 rings (SSSR count). The van der Waals surface area contributed by atoms with E-state index < -0.39 is 0 Å². The summed E-state index contributed by atoms with van der Waals surface area (Å²) in [6, 6.07) is 4.24. The number of piperidine rings is 1. The molecule has 1 aliphatic rings. The number of nitrogens with zero attached hydrogens (tertiary/aromatic N) is 2. The lowest BCUT2D eigenvalue weighted by atomic mass is 9.95. The zero-order chi connectivity index (χ0) is 12.3. The van der Waals surface area contributed by atoms with Gasteiger partial charge in [0.15, 0.2) is 0 Å². The molecule has 0 aliphatic carbocycles. The Kier molecular flexibility index (Phi) is 4.00. The fourth-order valence-electron chi connectivity index (χ4n) is 2.50. The highest BCUT2D eigenvalue weighted by molar-refractivity contribution is 5.42. The predicted octanol–water partition coefficient (Wildman–Crippen LogP) is 2.73. The van der Waals surface area contributed by atoms with Gasteiger partial charge in [-0.25, -0.2) is 4.98 Å². The summed E-state index contributed by atoms with van der Waals surface area (Å²) in [4.78, 5) is 6.89. The highest BCUT2D eigenvalue weighted by atomic mass is 15.2. The summed E-state index contributed by atoms with van der Waals surface area (Å²) in [6.07, 6.45) is 5.79. The first-order valence-corrected chi connectivity index (χ1v) is 6.67. The monoisotopic (exact) mass is 233 g/mol. The van der Waals surface area contributed by atoms with E-state index in [1.807, 2.05) is 19.2 Å². The smallest absolute Gasteiger partial charge is 0.128 e. The fourth-order valence-corrected chi connectivity index (χ4v) is 2.50. The van der Waals surface area contributed by atoms with Gasteiger partial charge in [-0.05, 0) is 43.4 Å². The van der Waals surface area contributed by atoms with Crippen molar-refractivity contribution in [1.29, 1.82) is 0 Å². The number of anilines is 1. The zero-order valence-electron chi connectivity index (χ0n) is 10.9. The molecule has 1 aromatic heterocycles. The Morgan fingerprint density at radius 1 is 1.59 bits per heavy atom. The molecule has 2 unspecified atom stereocenters. The van der Waals surface area contributed by atoms with Crippen molar-refractivity contribution in [2.24, 2.45) is 11.7 Å². The van der Waals surface area contributed by atoms with Crippen LogP contribution < -0.4 is 10.6 Å². The average Bonchev–Trinajstić information content (AvgIpc) is 2.39. The summed E-state index contributed by atoms with van der Waals surface area (Å²) in [7, 11) is 0. The first-order valence-electron chi connectivity index (χ1n) is 6.67. The SMILES string of the molecule is CCC1CCCN(c2cc(C(C)N)ccn2)C1. The van der Waals surface area contributed by atoms with E-state index in [2.05, 4.69) is 22.9 Å². The summed E-state index contributed by atoms with van der Waals surface area (Å²) < 4.78 is 0. The molecule has 0 saturated carbocycles. The molecule has 17 heavy (non-hydrogen) atoms. The topological polar surface area (TPSA) is 42.1 Å². The van der Waals surface area contributed by atoms with Gasteiger partial charge in [0.1, 0.15) is 5.82 Å². The maximum Gasteiger partial charge on any atom is 0.128 e. The molecular weight excluding hydrogens is 210 g/mol. The van der Waals surface area contributed by atoms with Crippen LogP contribution in [0.4, 0.5) is 5.82 Å². The van der Waals surface area contributed by atoms with Crippen LogP contribution in [0.15, 0.2) is 18.3 Å². The largest absolute Gasteiger partial charge is 0.356 e. The third kappa shape index (κ3) is 2.97. The van der Waals surface area contributed by atoms with Crippen LogP contribution >= 0.6 is 0 Å². The Morgan fingerprint density at radius 2 is 2.41 bits per heavy atom. The summed E-state index contributed by atoms with van der Waals surface area (Å²) in [6.45, 7) is 6.57. The van der Waals surface area contributed by atoms with Crippen LogP contribution in [0, 0.1) is 5.92 Å². The van der Waals surface area contributed by atoms with Crippen molar-refractivity contribution in [3.05, 3.63) is 23.9 Å². The van der Waals surface area contributed by atoms with Crippen molar-refractivity contribution in [2.75, 3.05) is 18.0 Å². The molecule has 0 spiro atoms. The third-order valence-corrected chi connectivity index (χ3v) is 3.72. The van der Waals surface area contributed by atoms with Gasteiger partial charge < -0.3 is 10.6 Å². The summed E-state index contributed by atoms with van der Waals surface area (Å²) in [5.41, 5.74) is 7.09. The maximum atomic E-state index is 5.92. The maximum absolute atomic E-state index is 5.92. The van der Waals surface area contributed by atoms with E-state index in [9.17, 15) is 0 Å². The van der Waals surface area contributed by atoms with Crippen molar-refractivity contribution < 1.29 is 0 Å². The van der Waals surface area contributed by atoms with Gasteiger partial charge >= 0.3 is 0 Å². The van der Waals surface area contributed by atoms with Gasteiger partial charge in [-0.1, -0.05) is 13.3 Å². The molecule has 3 heteroatoms. The van der Waals surface area contributed by atoms with Crippen molar-refractivity contribution in [3.8, 4) is 0 Å². The van der Waals surface area contributed by atoms with Crippen LogP contribution in [0.2, 0.25) is 0 Å². The lowest BCUT2D eigenvalue weighted by Gasteiger charge is -2.33. The highest BCUT2D eigenvalue weighted by Gasteiger charge is 2.19. The molecule has 0 aromatic carbocycles. The van der Waals surface area contributed by atoms with Crippen LogP contribution in [0.3, 0.4) is 0 Å². The van der Waals surface area contributed by atoms with E-state index in [-0.39, 0.29) is 6.04 Å². The van der Waals surface area contributed by atoms with E-state index in [1.165, 1.54) is 24.8 Å². The van der Waals surface area contributed by atoms with E-state index in [1.54, 1.807) is 0 Å². The lowest BCUT2D eigenvalue weighted by Crippen LogP contribution is -2.35. The highest BCUT2D eigenvalue weighted by Crippen LogP contribution is 2.24. The molecule has 2 N–H and O–H groups in total. The van der Waals surface area contributed by atoms with Crippen molar-refractivity contribution in [2.45, 2.75) is 39.2 Å². The van der Waals surface area contributed by atoms with Gasteiger partial charge in [-0.2, -0.15) is 0 Å². The average molecular weight is 233 g/mol. The number of aromatic nitrogens is 1. The Hall–Kier alpha value is -1.09. The van der Waals surface area contributed by atoms with E-state index >= 15 is 0 Å². The normalized spacial score (nSPS) is 22.5. The molecule has 1 saturated heterocycles. The minimum Gasteiger partial charge on any atom is -0.356 e.